The third-order valence-electron chi connectivity index (χ3n) is 2.81. The Labute approximate surface area is 132 Å². The Kier molecular flexibility index (Phi) is 5.12. The highest BCUT2D eigenvalue weighted by molar-refractivity contribution is 9.10. The van der Waals surface area contributed by atoms with E-state index in [1.165, 1.54) is 12.1 Å². The second kappa shape index (κ2) is 6.85. The van der Waals surface area contributed by atoms with Crippen LogP contribution in [0, 0.1) is 5.82 Å². The van der Waals surface area contributed by atoms with Gasteiger partial charge in [0.1, 0.15) is 11.6 Å². The van der Waals surface area contributed by atoms with Gasteiger partial charge < -0.3 is 4.74 Å². The average molecular weight is 351 g/mol. The highest BCUT2D eigenvalue weighted by Gasteiger charge is 2.10. The van der Waals surface area contributed by atoms with Gasteiger partial charge in [0, 0.05) is 16.5 Å². The van der Waals surface area contributed by atoms with Gasteiger partial charge in [0.15, 0.2) is 5.78 Å². The lowest BCUT2D eigenvalue weighted by atomic mass is 10.0. The van der Waals surface area contributed by atoms with Crippen molar-refractivity contribution < 1.29 is 13.9 Å². The standard InChI is InChI=1S/C17H16BrFO2/c1-11(2)21-16-5-3-4-13(9-16)17(20)8-12-6-14(18)10-15(19)7-12/h3-7,9-11H,8H2,1-2H3. The lowest BCUT2D eigenvalue weighted by Crippen LogP contribution is -2.08. The van der Waals surface area contributed by atoms with E-state index in [0.717, 1.165) is 0 Å². The monoisotopic (exact) mass is 350 g/mol. The second-order valence-corrected chi connectivity index (χ2v) is 5.99. The smallest absolute Gasteiger partial charge is 0.167 e. The van der Waals surface area contributed by atoms with Gasteiger partial charge in [-0.1, -0.05) is 28.1 Å². The average Bonchev–Trinajstić information content (AvgIpc) is 2.36. The van der Waals surface area contributed by atoms with Gasteiger partial charge in [-0.2, -0.15) is 0 Å². The zero-order valence-corrected chi connectivity index (χ0v) is 13.5. The van der Waals surface area contributed by atoms with Crippen molar-refractivity contribution in [1.29, 1.82) is 0 Å². The number of carbonyl (C=O) groups excluding carboxylic acids is 1. The molecular weight excluding hydrogens is 335 g/mol. The van der Waals surface area contributed by atoms with E-state index in [2.05, 4.69) is 15.9 Å². The molecule has 0 bridgehead atoms. The number of benzene rings is 2. The Morgan fingerprint density at radius 3 is 2.67 bits per heavy atom. The molecule has 2 nitrogen and oxygen atoms in total. The van der Waals surface area contributed by atoms with Crippen LogP contribution < -0.4 is 4.74 Å². The molecule has 2 aromatic carbocycles. The first-order valence-electron chi connectivity index (χ1n) is 6.69. The number of Topliss-reactive ketones (excluding diaryl/α,β-unsaturated/α-hetero) is 1. The number of ketones is 1. The van der Waals surface area contributed by atoms with Gasteiger partial charge in [-0.25, -0.2) is 4.39 Å². The molecular formula is C17H16BrFO2. The number of carbonyl (C=O) groups is 1. The first-order chi connectivity index (χ1) is 9.94. The van der Waals surface area contributed by atoms with Crippen molar-refractivity contribution in [2.45, 2.75) is 26.4 Å². The van der Waals surface area contributed by atoms with Crippen LogP contribution in [0.2, 0.25) is 0 Å². The molecule has 0 aliphatic heterocycles. The minimum atomic E-state index is -0.357. The number of ether oxygens (including phenoxy) is 1. The quantitative estimate of drug-likeness (QED) is 0.724. The minimum Gasteiger partial charge on any atom is -0.491 e. The van der Waals surface area contributed by atoms with Crippen LogP contribution >= 0.6 is 15.9 Å². The van der Waals surface area contributed by atoms with Crippen LogP contribution in [-0.2, 0) is 6.42 Å². The van der Waals surface area contributed by atoms with Crippen molar-refractivity contribution >= 4 is 21.7 Å². The molecule has 0 spiro atoms. The van der Waals surface area contributed by atoms with E-state index < -0.39 is 0 Å². The molecule has 110 valence electrons. The summed E-state index contributed by atoms with van der Waals surface area (Å²) < 4.78 is 19.5. The third-order valence-corrected chi connectivity index (χ3v) is 3.27. The van der Waals surface area contributed by atoms with Crippen molar-refractivity contribution in [2.75, 3.05) is 0 Å². The van der Waals surface area contributed by atoms with Crippen molar-refractivity contribution in [3.05, 3.63) is 63.9 Å². The maximum atomic E-state index is 13.3. The van der Waals surface area contributed by atoms with E-state index in [0.29, 0.717) is 21.3 Å². The van der Waals surface area contributed by atoms with Crippen LogP contribution in [0.15, 0.2) is 46.9 Å². The molecule has 4 heteroatoms. The molecule has 2 aromatic rings. The van der Waals surface area contributed by atoms with Crippen molar-refractivity contribution in [2.24, 2.45) is 0 Å². The van der Waals surface area contributed by atoms with E-state index in [1.807, 2.05) is 19.9 Å². The number of hydrogen-bond acceptors (Lipinski definition) is 2. The van der Waals surface area contributed by atoms with Crippen LogP contribution in [0.5, 0.6) is 5.75 Å². The van der Waals surface area contributed by atoms with Crippen molar-refractivity contribution in [3.63, 3.8) is 0 Å². The first kappa shape index (κ1) is 15.7. The first-order valence-corrected chi connectivity index (χ1v) is 7.48. The third kappa shape index (κ3) is 4.67. The zero-order valence-electron chi connectivity index (χ0n) is 11.9. The normalized spacial score (nSPS) is 10.7. The van der Waals surface area contributed by atoms with Gasteiger partial charge in [0.05, 0.1) is 6.10 Å². The van der Waals surface area contributed by atoms with E-state index >= 15 is 0 Å². The summed E-state index contributed by atoms with van der Waals surface area (Å²) in [6, 6.07) is 11.5. The molecule has 2 rings (SSSR count). The number of halogens is 2. The molecule has 0 aliphatic carbocycles. The Balaban J connectivity index is 2.16. The Morgan fingerprint density at radius 2 is 2.00 bits per heavy atom. The number of rotatable bonds is 5. The lowest BCUT2D eigenvalue weighted by Gasteiger charge is -2.10. The summed E-state index contributed by atoms with van der Waals surface area (Å²) in [6.07, 6.45) is 0.205. The van der Waals surface area contributed by atoms with Crippen molar-refractivity contribution in [3.8, 4) is 5.75 Å². The minimum absolute atomic E-state index is 0.0505. The largest absolute Gasteiger partial charge is 0.491 e. The summed E-state index contributed by atoms with van der Waals surface area (Å²) in [5, 5.41) is 0. The van der Waals surface area contributed by atoms with E-state index in [9.17, 15) is 9.18 Å². The highest BCUT2D eigenvalue weighted by Crippen LogP contribution is 2.19. The fourth-order valence-electron chi connectivity index (χ4n) is 2.02. The molecule has 0 aromatic heterocycles. The molecule has 0 radical (unpaired) electrons. The summed E-state index contributed by atoms with van der Waals surface area (Å²) in [6.45, 7) is 3.86. The second-order valence-electron chi connectivity index (χ2n) is 5.07. The molecule has 0 saturated carbocycles. The Bertz CT molecular complexity index is 633. The van der Waals surface area contributed by atoms with Crippen LogP contribution in [0.3, 0.4) is 0 Å². The highest BCUT2D eigenvalue weighted by atomic mass is 79.9. The van der Waals surface area contributed by atoms with Crippen molar-refractivity contribution in [1.82, 2.24) is 0 Å². The van der Waals surface area contributed by atoms with Gasteiger partial charge >= 0.3 is 0 Å². The predicted octanol–water partition coefficient (Wildman–Crippen LogP) is 4.80. The zero-order chi connectivity index (χ0) is 15.4. The van der Waals surface area contributed by atoms with Crippen LogP contribution in [-0.4, -0.2) is 11.9 Å². The summed E-state index contributed by atoms with van der Waals surface area (Å²) in [5.74, 6) is 0.238. The fourth-order valence-corrected chi connectivity index (χ4v) is 2.53. The Hall–Kier alpha value is -1.68. The molecule has 0 saturated heterocycles. The van der Waals surface area contributed by atoms with Gasteiger partial charge in [0.25, 0.3) is 0 Å². The molecule has 0 heterocycles. The predicted molar refractivity (Wildman–Crippen MR) is 84.3 cm³/mol. The van der Waals surface area contributed by atoms with E-state index in [4.69, 9.17) is 4.74 Å². The van der Waals surface area contributed by atoms with Crippen LogP contribution in [0.4, 0.5) is 4.39 Å². The molecule has 0 atom stereocenters. The lowest BCUT2D eigenvalue weighted by molar-refractivity contribution is 0.0992. The maximum absolute atomic E-state index is 13.3. The summed E-state index contributed by atoms with van der Waals surface area (Å²) in [4.78, 5) is 12.3. The van der Waals surface area contributed by atoms with E-state index in [1.54, 1.807) is 24.3 Å². The van der Waals surface area contributed by atoms with Crippen LogP contribution in [0.1, 0.15) is 29.8 Å². The number of hydrogen-bond donors (Lipinski definition) is 0. The molecule has 0 N–H and O–H groups in total. The molecule has 0 unspecified atom stereocenters. The molecule has 0 aliphatic rings. The van der Waals surface area contributed by atoms with Gasteiger partial charge in [-0.3, -0.25) is 4.79 Å². The van der Waals surface area contributed by atoms with Crippen LogP contribution in [0.25, 0.3) is 0 Å². The molecule has 0 amide bonds. The SMILES string of the molecule is CC(C)Oc1cccc(C(=O)Cc2cc(F)cc(Br)c2)c1. The Morgan fingerprint density at radius 1 is 1.24 bits per heavy atom. The molecule has 21 heavy (non-hydrogen) atoms. The summed E-state index contributed by atoms with van der Waals surface area (Å²) in [7, 11) is 0. The fraction of sp³-hybridized carbons (Fsp3) is 0.235. The molecule has 0 fully saturated rings. The van der Waals surface area contributed by atoms with Gasteiger partial charge in [0.2, 0.25) is 0 Å². The maximum Gasteiger partial charge on any atom is 0.167 e. The topological polar surface area (TPSA) is 26.3 Å². The van der Waals surface area contributed by atoms with Gasteiger partial charge in [-0.05, 0) is 49.7 Å². The van der Waals surface area contributed by atoms with Gasteiger partial charge in [-0.15, -0.1) is 0 Å². The summed E-state index contributed by atoms with van der Waals surface area (Å²) >= 11 is 3.23. The van der Waals surface area contributed by atoms with E-state index in [-0.39, 0.29) is 24.1 Å². The summed E-state index contributed by atoms with van der Waals surface area (Å²) in [5.41, 5.74) is 1.20.